The molecule has 4 atom stereocenters. The van der Waals surface area contributed by atoms with Crippen LogP contribution >= 0.6 is 0 Å². The largest absolute Gasteiger partial charge is 0.453 e. The minimum atomic E-state index is -1.42. The monoisotopic (exact) mass is 421 g/mol. The van der Waals surface area contributed by atoms with Crippen LogP contribution in [-0.4, -0.2) is 85.1 Å². The number of nitrogens with two attached hydrogens (primary N) is 1. The molecule has 13 nitrogen and oxygen atoms in total. The molecule has 1 saturated carbocycles. The van der Waals surface area contributed by atoms with E-state index in [1.807, 2.05) is 0 Å². The number of nitrogens with one attached hydrogen (secondary N) is 1. The van der Waals surface area contributed by atoms with Crippen LogP contribution in [0.15, 0.2) is 6.33 Å². The summed E-state index contributed by atoms with van der Waals surface area (Å²) in [5.74, 6) is -0.195. The van der Waals surface area contributed by atoms with Gasteiger partial charge in [0, 0.05) is 13.1 Å². The Morgan fingerprint density at radius 2 is 2.10 bits per heavy atom. The fourth-order valence-corrected chi connectivity index (χ4v) is 3.29. The van der Waals surface area contributed by atoms with Crippen molar-refractivity contribution in [1.82, 2.24) is 29.7 Å². The molecule has 2 amide bonds. The molecule has 30 heavy (non-hydrogen) atoms. The quantitative estimate of drug-likeness (QED) is 0.444. The molecule has 3 heterocycles. The Balaban J connectivity index is 1.62. The van der Waals surface area contributed by atoms with Crippen LogP contribution in [0.3, 0.4) is 0 Å². The Morgan fingerprint density at radius 3 is 2.77 bits per heavy atom. The average Bonchev–Trinajstić information content (AvgIpc) is 3.35. The van der Waals surface area contributed by atoms with E-state index < -0.39 is 36.5 Å². The predicted octanol–water partition coefficient (Wildman–Crippen LogP) is -1.50. The predicted molar refractivity (Wildman–Crippen MR) is 101 cm³/mol. The Labute approximate surface area is 170 Å². The summed E-state index contributed by atoms with van der Waals surface area (Å²) < 4.78 is 11.7. The van der Waals surface area contributed by atoms with Crippen LogP contribution in [0.25, 0.3) is 11.2 Å². The van der Waals surface area contributed by atoms with Crippen molar-refractivity contribution in [1.29, 1.82) is 0 Å². The molecule has 5 N–H and O–H groups in total. The third kappa shape index (κ3) is 3.62. The summed E-state index contributed by atoms with van der Waals surface area (Å²) in [4.78, 5) is 37.9. The van der Waals surface area contributed by atoms with E-state index in [2.05, 4.69) is 25.0 Å². The number of ether oxygens (including phenoxy) is 2. The molecule has 0 spiro atoms. The van der Waals surface area contributed by atoms with E-state index >= 15 is 0 Å². The van der Waals surface area contributed by atoms with Gasteiger partial charge in [0.05, 0.1) is 20.0 Å². The average molecular weight is 421 g/mol. The highest BCUT2D eigenvalue weighted by Gasteiger charge is 2.48. The fraction of sp³-hybridized carbons (Fsp3) is 0.588. The topological polar surface area (TPSA) is 178 Å². The maximum atomic E-state index is 12.3. The number of aliphatic hydroxyl groups is 2. The van der Waals surface area contributed by atoms with Gasteiger partial charge in [-0.3, -0.25) is 9.36 Å². The van der Waals surface area contributed by atoms with Crippen molar-refractivity contribution in [3.8, 4) is 0 Å². The SMILES string of the molecule is COC(=O)N(C)Cc1nc(N)c2ncn([C@@H]3O[C@H](C(=O)NC4CC4)C(O)C3O)c2n1. The molecule has 0 bridgehead atoms. The van der Waals surface area contributed by atoms with Gasteiger partial charge in [-0.15, -0.1) is 0 Å². The zero-order chi connectivity index (χ0) is 21.6. The lowest BCUT2D eigenvalue weighted by atomic mass is 10.1. The fourth-order valence-electron chi connectivity index (χ4n) is 3.29. The normalized spacial score (nSPS) is 26.0. The van der Waals surface area contributed by atoms with Crippen LogP contribution in [0.5, 0.6) is 0 Å². The number of methoxy groups -OCH3 is 1. The molecule has 0 radical (unpaired) electrons. The first-order valence-corrected chi connectivity index (χ1v) is 9.40. The molecule has 1 saturated heterocycles. The van der Waals surface area contributed by atoms with E-state index in [0.717, 1.165) is 12.8 Å². The Kier molecular flexibility index (Phi) is 5.17. The number of carbonyl (C=O) groups excluding carboxylic acids is 2. The van der Waals surface area contributed by atoms with Gasteiger partial charge in [-0.05, 0) is 12.8 Å². The van der Waals surface area contributed by atoms with Crippen molar-refractivity contribution >= 4 is 29.0 Å². The molecule has 0 aromatic carbocycles. The van der Waals surface area contributed by atoms with E-state index in [-0.39, 0.29) is 35.4 Å². The molecule has 2 aromatic heterocycles. The number of aromatic nitrogens is 4. The Morgan fingerprint density at radius 1 is 1.37 bits per heavy atom. The third-order valence-corrected chi connectivity index (χ3v) is 5.05. The molecule has 2 aliphatic rings. The number of hydrogen-bond acceptors (Lipinski definition) is 10. The summed E-state index contributed by atoms with van der Waals surface area (Å²) in [5.41, 5.74) is 6.47. The van der Waals surface area contributed by atoms with Gasteiger partial charge in [0.1, 0.15) is 17.7 Å². The van der Waals surface area contributed by atoms with Crippen LogP contribution in [0.2, 0.25) is 0 Å². The first-order chi connectivity index (χ1) is 14.3. The highest BCUT2D eigenvalue weighted by Crippen LogP contribution is 2.33. The molecule has 162 valence electrons. The molecule has 13 heteroatoms. The maximum absolute atomic E-state index is 12.3. The van der Waals surface area contributed by atoms with Crippen molar-refractivity contribution in [3.63, 3.8) is 0 Å². The van der Waals surface area contributed by atoms with Gasteiger partial charge in [-0.2, -0.15) is 0 Å². The highest BCUT2D eigenvalue weighted by atomic mass is 16.6. The zero-order valence-electron chi connectivity index (χ0n) is 16.4. The summed E-state index contributed by atoms with van der Waals surface area (Å²) in [5, 5.41) is 23.6. The maximum Gasteiger partial charge on any atom is 0.409 e. The number of nitrogen functional groups attached to an aromatic ring is 1. The van der Waals surface area contributed by atoms with Crippen LogP contribution in [0.4, 0.5) is 10.6 Å². The van der Waals surface area contributed by atoms with Gasteiger partial charge >= 0.3 is 6.09 Å². The standard InChI is InChI=1S/C17H23N7O6/c1-23(17(28)29-2)5-8-21-13(18)9-14(22-8)24(6-19-9)16-11(26)10(25)12(30-16)15(27)20-7-3-4-7/h6-7,10-12,16,25-26H,3-5H2,1-2H3,(H,20,27)(H2,18,21,22)/t10?,11?,12-,16+/m0/s1. The number of carbonyl (C=O) groups is 2. The van der Waals surface area contributed by atoms with E-state index in [1.54, 1.807) is 0 Å². The summed E-state index contributed by atoms with van der Waals surface area (Å²) in [6, 6.07) is 0.0838. The van der Waals surface area contributed by atoms with E-state index in [0.29, 0.717) is 0 Å². The Bertz CT molecular complexity index is 977. The molecule has 2 unspecified atom stereocenters. The van der Waals surface area contributed by atoms with Crippen molar-refractivity contribution in [2.45, 2.75) is 50.0 Å². The minimum absolute atomic E-state index is 0.0150. The number of hydrogen-bond donors (Lipinski definition) is 4. The summed E-state index contributed by atoms with van der Waals surface area (Å²) in [6.45, 7) is 0.0150. The van der Waals surface area contributed by atoms with E-state index in [9.17, 15) is 19.8 Å². The molecule has 4 rings (SSSR count). The van der Waals surface area contributed by atoms with Crippen LogP contribution in [0, 0.1) is 0 Å². The third-order valence-electron chi connectivity index (χ3n) is 5.05. The lowest BCUT2D eigenvalue weighted by Gasteiger charge is -2.17. The van der Waals surface area contributed by atoms with Crippen molar-refractivity contribution in [2.24, 2.45) is 0 Å². The van der Waals surface area contributed by atoms with Gasteiger partial charge in [-0.1, -0.05) is 0 Å². The summed E-state index contributed by atoms with van der Waals surface area (Å²) in [6.07, 6.45) is -2.63. The molecule has 1 aliphatic heterocycles. The first-order valence-electron chi connectivity index (χ1n) is 9.40. The minimum Gasteiger partial charge on any atom is -0.453 e. The van der Waals surface area contributed by atoms with Gasteiger partial charge in [0.2, 0.25) is 0 Å². The first kappa shape index (κ1) is 20.3. The second-order valence-electron chi connectivity index (χ2n) is 7.39. The van der Waals surface area contributed by atoms with Gasteiger partial charge in [0.25, 0.3) is 5.91 Å². The number of fused-ring (bicyclic) bond motifs is 1. The number of amides is 2. The van der Waals surface area contributed by atoms with Crippen LogP contribution < -0.4 is 11.1 Å². The van der Waals surface area contributed by atoms with Crippen molar-refractivity contribution < 1.29 is 29.3 Å². The lowest BCUT2D eigenvalue weighted by molar-refractivity contribution is -0.137. The molecule has 2 fully saturated rings. The number of nitrogens with zero attached hydrogens (tertiary/aromatic N) is 5. The Hall–Kier alpha value is -3.03. The van der Waals surface area contributed by atoms with E-state index in [4.69, 9.17) is 10.5 Å². The van der Waals surface area contributed by atoms with Gasteiger partial charge in [-0.25, -0.2) is 19.7 Å². The van der Waals surface area contributed by atoms with Crippen molar-refractivity contribution in [3.05, 3.63) is 12.2 Å². The highest BCUT2D eigenvalue weighted by molar-refractivity contribution is 5.83. The van der Waals surface area contributed by atoms with Gasteiger partial charge < -0.3 is 35.6 Å². The molecule has 1 aliphatic carbocycles. The molecular weight excluding hydrogens is 398 g/mol. The van der Waals surface area contributed by atoms with E-state index in [1.165, 1.54) is 30.0 Å². The number of aliphatic hydroxyl groups excluding tert-OH is 2. The molecular formula is C17H23N7O6. The summed E-state index contributed by atoms with van der Waals surface area (Å²) >= 11 is 0. The number of anilines is 1. The lowest BCUT2D eigenvalue weighted by Crippen LogP contribution is -2.43. The zero-order valence-corrected chi connectivity index (χ0v) is 16.4. The number of rotatable bonds is 5. The second kappa shape index (κ2) is 7.66. The van der Waals surface area contributed by atoms with Crippen molar-refractivity contribution in [2.75, 3.05) is 19.9 Å². The second-order valence-corrected chi connectivity index (χ2v) is 7.39. The van der Waals surface area contributed by atoms with Gasteiger partial charge in [0.15, 0.2) is 29.6 Å². The smallest absolute Gasteiger partial charge is 0.409 e. The van der Waals surface area contributed by atoms with Crippen LogP contribution in [-0.2, 0) is 20.8 Å². The molecule has 2 aromatic rings. The summed E-state index contributed by atoms with van der Waals surface area (Å²) in [7, 11) is 2.77. The van der Waals surface area contributed by atoms with Crippen LogP contribution in [0.1, 0.15) is 24.9 Å². The number of imidazole rings is 1.